The maximum absolute atomic E-state index is 12.8. The van der Waals surface area contributed by atoms with Crippen molar-refractivity contribution in [1.29, 1.82) is 0 Å². The number of benzene rings is 2. The molecule has 0 saturated carbocycles. The van der Waals surface area contributed by atoms with E-state index in [4.69, 9.17) is 11.6 Å². The number of rotatable bonds is 3. The summed E-state index contributed by atoms with van der Waals surface area (Å²) in [7, 11) is 3.54. The van der Waals surface area contributed by atoms with Crippen LogP contribution < -0.4 is 10.2 Å². The van der Waals surface area contributed by atoms with Gasteiger partial charge in [0.2, 0.25) is 0 Å². The van der Waals surface area contributed by atoms with Crippen LogP contribution in [0.5, 0.6) is 0 Å². The molecule has 140 valence electrons. The van der Waals surface area contributed by atoms with Gasteiger partial charge >= 0.3 is 6.18 Å². The van der Waals surface area contributed by atoms with Crippen LogP contribution in [0.2, 0.25) is 5.15 Å². The molecular weight excluding hydrogens is 381 g/mol. The van der Waals surface area contributed by atoms with Crippen LogP contribution in [0.25, 0.3) is 10.8 Å². The van der Waals surface area contributed by atoms with Crippen LogP contribution in [-0.4, -0.2) is 30.2 Å². The summed E-state index contributed by atoms with van der Waals surface area (Å²) in [6, 6.07) is 9.18. The van der Waals surface area contributed by atoms with Gasteiger partial charge in [-0.05, 0) is 30.3 Å². The highest BCUT2D eigenvalue weighted by atomic mass is 35.5. The normalized spacial score (nSPS) is 11.5. The molecule has 1 N–H and O–H groups in total. The minimum Gasteiger partial charge on any atom is -0.361 e. The van der Waals surface area contributed by atoms with Crippen LogP contribution >= 0.6 is 11.6 Å². The lowest BCUT2D eigenvalue weighted by atomic mass is 10.1. The molecular formula is C18H14ClF3N4O. The van der Waals surface area contributed by atoms with E-state index in [2.05, 4.69) is 15.5 Å². The predicted octanol–water partition coefficient (Wildman–Crippen LogP) is 4.62. The number of fused-ring (bicyclic) bond motifs is 1. The second-order valence-corrected chi connectivity index (χ2v) is 6.36. The summed E-state index contributed by atoms with van der Waals surface area (Å²) >= 11 is 6.06. The highest BCUT2D eigenvalue weighted by Crippen LogP contribution is 2.31. The summed E-state index contributed by atoms with van der Waals surface area (Å²) in [5.41, 5.74) is -0.531. The molecule has 1 heterocycles. The average Bonchev–Trinajstić information content (AvgIpc) is 2.61. The third kappa shape index (κ3) is 3.95. The lowest BCUT2D eigenvalue weighted by Gasteiger charge is -2.14. The average molecular weight is 395 g/mol. The van der Waals surface area contributed by atoms with Crippen LogP contribution in [0, 0.1) is 0 Å². The maximum Gasteiger partial charge on any atom is 0.416 e. The molecule has 5 nitrogen and oxygen atoms in total. The zero-order chi connectivity index (χ0) is 19.8. The number of nitrogens with one attached hydrogen (secondary N) is 1. The number of anilines is 2. The molecule has 0 fully saturated rings. The molecule has 0 atom stereocenters. The van der Waals surface area contributed by atoms with E-state index in [0.29, 0.717) is 16.6 Å². The van der Waals surface area contributed by atoms with Gasteiger partial charge in [-0.2, -0.15) is 13.2 Å². The third-order valence-corrected chi connectivity index (χ3v) is 4.13. The molecule has 1 aromatic heterocycles. The molecule has 1 amide bonds. The molecule has 27 heavy (non-hydrogen) atoms. The predicted molar refractivity (Wildman–Crippen MR) is 98.3 cm³/mol. The quantitative estimate of drug-likeness (QED) is 0.704. The second kappa shape index (κ2) is 7.03. The molecule has 3 rings (SSSR count). The Hall–Kier alpha value is -2.87. The molecule has 9 heteroatoms. The summed E-state index contributed by atoms with van der Waals surface area (Å²) in [4.78, 5) is 14.2. The number of hydrogen-bond acceptors (Lipinski definition) is 4. The zero-order valence-electron chi connectivity index (χ0n) is 14.3. The van der Waals surface area contributed by atoms with Gasteiger partial charge in [0, 0.05) is 36.1 Å². The molecule has 2 aromatic carbocycles. The molecule has 0 aliphatic rings. The second-order valence-electron chi connectivity index (χ2n) is 6.00. The van der Waals surface area contributed by atoms with Crippen molar-refractivity contribution in [2.45, 2.75) is 6.18 Å². The highest BCUT2D eigenvalue weighted by Gasteiger charge is 2.30. The molecule has 0 aliphatic carbocycles. The number of aromatic nitrogens is 2. The van der Waals surface area contributed by atoms with E-state index in [-0.39, 0.29) is 16.4 Å². The van der Waals surface area contributed by atoms with Crippen molar-refractivity contribution in [2.24, 2.45) is 0 Å². The molecule has 3 aromatic rings. The van der Waals surface area contributed by atoms with Gasteiger partial charge in [-0.3, -0.25) is 4.79 Å². The van der Waals surface area contributed by atoms with Crippen molar-refractivity contribution >= 4 is 39.8 Å². The number of carbonyl (C=O) groups excluding carboxylic acids is 1. The fourth-order valence-electron chi connectivity index (χ4n) is 2.56. The lowest BCUT2D eigenvalue weighted by molar-refractivity contribution is -0.137. The van der Waals surface area contributed by atoms with E-state index in [1.165, 1.54) is 18.2 Å². The standard InChI is InChI=1S/C18H14ClF3N4O/c1-26(2)16-14-8-10(6-7-13(14)15(19)24-25-16)17(27)23-12-5-3-4-11(9-12)18(20,21)22/h3-9H,1-2H3,(H,23,27). The van der Waals surface area contributed by atoms with Gasteiger partial charge in [0.15, 0.2) is 11.0 Å². The van der Waals surface area contributed by atoms with Gasteiger partial charge < -0.3 is 10.2 Å². The van der Waals surface area contributed by atoms with Gasteiger partial charge in [-0.1, -0.05) is 23.7 Å². The van der Waals surface area contributed by atoms with Crippen LogP contribution in [0.4, 0.5) is 24.7 Å². The SMILES string of the molecule is CN(C)c1nnc(Cl)c2ccc(C(=O)Nc3cccc(C(F)(F)F)c3)cc12. The van der Waals surface area contributed by atoms with E-state index in [1.807, 2.05) is 0 Å². The van der Waals surface area contributed by atoms with Gasteiger partial charge in [-0.15, -0.1) is 10.2 Å². The van der Waals surface area contributed by atoms with E-state index in [1.54, 1.807) is 31.1 Å². The summed E-state index contributed by atoms with van der Waals surface area (Å²) in [6.07, 6.45) is -4.49. The first-order valence-electron chi connectivity index (χ1n) is 7.78. The van der Waals surface area contributed by atoms with Gasteiger partial charge in [-0.25, -0.2) is 0 Å². The lowest BCUT2D eigenvalue weighted by Crippen LogP contribution is -2.14. The molecule has 0 saturated heterocycles. The Balaban J connectivity index is 1.96. The van der Waals surface area contributed by atoms with E-state index in [0.717, 1.165) is 12.1 Å². The molecule has 0 radical (unpaired) electrons. The Labute approximate surface area is 157 Å². The fraction of sp³-hybridized carbons (Fsp3) is 0.167. The number of carbonyl (C=O) groups is 1. The number of nitrogens with zero attached hydrogens (tertiary/aromatic N) is 3. The van der Waals surface area contributed by atoms with Crippen LogP contribution in [0.3, 0.4) is 0 Å². The van der Waals surface area contributed by atoms with Crippen molar-refractivity contribution in [3.05, 3.63) is 58.7 Å². The summed E-state index contributed by atoms with van der Waals surface area (Å²) < 4.78 is 38.5. The smallest absolute Gasteiger partial charge is 0.361 e. The maximum atomic E-state index is 12.8. The van der Waals surface area contributed by atoms with Crippen LogP contribution in [0.1, 0.15) is 15.9 Å². The first-order chi connectivity index (χ1) is 12.7. The summed E-state index contributed by atoms with van der Waals surface area (Å²) in [5.74, 6) is -0.0306. The van der Waals surface area contributed by atoms with Crippen molar-refractivity contribution in [1.82, 2.24) is 10.2 Å². The minimum atomic E-state index is -4.49. The van der Waals surface area contributed by atoms with Gasteiger partial charge in [0.1, 0.15) is 0 Å². The summed E-state index contributed by atoms with van der Waals surface area (Å²) in [5, 5.41) is 11.8. The van der Waals surface area contributed by atoms with E-state index in [9.17, 15) is 18.0 Å². The Morgan fingerprint density at radius 3 is 2.48 bits per heavy atom. The molecule has 0 spiro atoms. The molecule has 0 unspecified atom stereocenters. The highest BCUT2D eigenvalue weighted by molar-refractivity contribution is 6.34. The zero-order valence-corrected chi connectivity index (χ0v) is 15.1. The Morgan fingerprint density at radius 1 is 1.07 bits per heavy atom. The van der Waals surface area contributed by atoms with E-state index < -0.39 is 17.6 Å². The molecule has 0 aliphatic heterocycles. The van der Waals surface area contributed by atoms with Crippen LogP contribution in [-0.2, 0) is 6.18 Å². The Kier molecular flexibility index (Phi) is 4.93. The van der Waals surface area contributed by atoms with Crippen molar-refractivity contribution in [3.8, 4) is 0 Å². The minimum absolute atomic E-state index is 0.0497. The van der Waals surface area contributed by atoms with Crippen molar-refractivity contribution < 1.29 is 18.0 Å². The van der Waals surface area contributed by atoms with Crippen LogP contribution in [0.15, 0.2) is 42.5 Å². The monoisotopic (exact) mass is 394 g/mol. The third-order valence-electron chi connectivity index (χ3n) is 3.85. The Morgan fingerprint density at radius 2 is 1.81 bits per heavy atom. The topological polar surface area (TPSA) is 58.1 Å². The first kappa shape index (κ1) is 18.9. The number of hydrogen-bond donors (Lipinski definition) is 1. The van der Waals surface area contributed by atoms with Gasteiger partial charge in [0.25, 0.3) is 5.91 Å². The first-order valence-corrected chi connectivity index (χ1v) is 8.16. The number of halogens is 4. The van der Waals surface area contributed by atoms with Crippen molar-refractivity contribution in [2.75, 3.05) is 24.3 Å². The largest absolute Gasteiger partial charge is 0.416 e. The van der Waals surface area contributed by atoms with Gasteiger partial charge in [0.05, 0.1) is 5.56 Å². The Bertz CT molecular complexity index is 1020. The number of amides is 1. The summed E-state index contributed by atoms with van der Waals surface area (Å²) in [6.45, 7) is 0. The number of alkyl halides is 3. The fourth-order valence-corrected chi connectivity index (χ4v) is 2.76. The van der Waals surface area contributed by atoms with Crippen molar-refractivity contribution in [3.63, 3.8) is 0 Å². The molecule has 0 bridgehead atoms. The van der Waals surface area contributed by atoms with E-state index >= 15 is 0 Å².